The SMILES string of the molecule is SSN1CC2C3C2C31. The molecule has 0 aromatic heterocycles. The van der Waals surface area contributed by atoms with Crippen molar-refractivity contribution in [2.75, 3.05) is 6.54 Å². The fourth-order valence-corrected chi connectivity index (χ4v) is 3.33. The van der Waals surface area contributed by atoms with Crippen LogP contribution in [-0.4, -0.2) is 16.9 Å². The molecular formula is C5H7NS2. The highest BCUT2D eigenvalue weighted by molar-refractivity contribution is 8.67. The average Bonchev–Trinajstić information content (AvgIpc) is 2.58. The van der Waals surface area contributed by atoms with Crippen molar-refractivity contribution in [3.63, 3.8) is 0 Å². The molecule has 4 fully saturated rings. The van der Waals surface area contributed by atoms with Crippen molar-refractivity contribution in [3.8, 4) is 0 Å². The molecule has 8 heavy (non-hydrogen) atoms. The quantitative estimate of drug-likeness (QED) is 0.333. The summed E-state index contributed by atoms with van der Waals surface area (Å²) in [6.45, 7) is 1.33. The van der Waals surface area contributed by atoms with E-state index in [0.29, 0.717) is 0 Å². The lowest BCUT2D eigenvalue weighted by Crippen LogP contribution is -2.08. The highest BCUT2D eigenvalue weighted by Gasteiger charge is 2.80. The maximum absolute atomic E-state index is 4.16. The minimum atomic E-state index is 0.975. The van der Waals surface area contributed by atoms with E-state index < -0.39 is 0 Å². The summed E-state index contributed by atoms with van der Waals surface area (Å²) in [5.41, 5.74) is 0. The van der Waals surface area contributed by atoms with E-state index in [1.165, 1.54) is 6.54 Å². The molecular weight excluding hydrogens is 138 g/mol. The van der Waals surface area contributed by atoms with E-state index in [4.69, 9.17) is 0 Å². The molecule has 3 heteroatoms. The van der Waals surface area contributed by atoms with E-state index in [9.17, 15) is 0 Å². The zero-order valence-corrected chi connectivity index (χ0v) is 6.03. The number of piperidine rings is 1. The molecule has 2 atom stereocenters. The van der Waals surface area contributed by atoms with Crippen molar-refractivity contribution in [1.82, 2.24) is 4.31 Å². The van der Waals surface area contributed by atoms with Crippen molar-refractivity contribution in [3.05, 3.63) is 0 Å². The summed E-state index contributed by atoms with van der Waals surface area (Å²) in [5, 5.41) is 0. The van der Waals surface area contributed by atoms with Crippen LogP contribution in [0.4, 0.5) is 0 Å². The predicted octanol–water partition coefficient (Wildman–Crippen LogP) is 1.04. The third-order valence-electron chi connectivity index (χ3n) is 2.77. The van der Waals surface area contributed by atoms with Crippen LogP contribution in [0.1, 0.15) is 0 Å². The zero-order chi connectivity index (χ0) is 5.30. The van der Waals surface area contributed by atoms with Gasteiger partial charge in [-0.3, -0.25) is 0 Å². The first-order chi connectivity index (χ1) is 3.93. The van der Waals surface area contributed by atoms with Gasteiger partial charge in [0.05, 0.1) is 0 Å². The number of thiol groups is 1. The summed E-state index contributed by atoms with van der Waals surface area (Å²) in [4.78, 5) is 0. The molecule has 0 spiro atoms. The topological polar surface area (TPSA) is 3.24 Å². The average molecular weight is 145 g/mol. The van der Waals surface area contributed by atoms with Crippen LogP contribution in [-0.2, 0) is 0 Å². The van der Waals surface area contributed by atoms with Gasteiger partial charge in [-0.15, -0.1) is 0 Å². The lowest BCUT2D eigenvalue weighted by atomic mass is 10.2. The summed E-state index contributed by atoms with van der Waals surface area (Å²) in [7, 11) is 1.63. The van der Waals surface area contributed by atoms with Crippen LogP contribution in [0.2, 0.25) is 0 Å². The number of hydrogen-bond donors (Lipinski definition) is 1. The van der Waals surface area contributed by atoms with E-state index in [2.05, 4.69) is 16.0 Å². The maximum atomic E-state index is 4.16. The van der Waals surface area contributed by atoms with Gasteiger partial charge in [0.15, 0.2) is 0 Å². The van der Waals surface area contributed by atoms with Gasteiger partial charge in [-0.2, -0.15) is 0 Å². The van der Waals surface area contributed by atoms with Crippen molar-refractivity contribution in [1.29, 1.82) is 0 Å². The molecule has 2 bridgehead atoms. The first-order valence-corrected chi connectivity index (χ1v) is 4.84. The van der Waals surface area contributed by atoms with Gasteiger partial charge in [0, 0.05) is 12.6 Å². The second kappa shape index (κ2) is 1.09. The van der Waals surface area contributed by atoms with Crippen molar-refractivity contribution >= 4 is 22.6 Å². The Labute approximate surface area is 57.8 Å². The second-order valence-corrected chi connectivity index (χ2v) is 4.11. The molecule has 2 heterocycles. The highest BCUT2D eigenvalue weighted by atomic mass is 33.1. The number of rotatable bonds is 1. The standard InChI is InChI=1S/C5H7NS2/c7-8-6-1-2-3-4(2)5(3)6/h2-5,7H,1H2. The Bertz CT molecular complexity index is 133. The van der Waals surface area contributed by atoms with Crippen LogP contribution in [0.5, 0.6) is 0 Å². The normalized spacial score (nSPS) is 65.6. The first-order valence-electron chi connectivity index (χ1n) is 3.01. The predicted molar refractivity (Wildman–Crippen MR) is 37.5 cm³/mol. The smallest absolute Gasteiger partial charge is 0.0280 e. The Hall–Kier alpha value is 0.660. The molecule has 4 aliphatic rings. The fourth-order valence-electron chi connectivity index (χ4n) is 2.18. The lowest BCUT2D eigenvalue weighted by Gasteiger charge is -2.06. The van der Waals surface area contributed by atoms with Gasteiger partial charge in [-0.25, -0.2) is 4.31 Å². The largest absolute Gasteiger partial charge is 0.237 e. The molecule has 2 saturated heterocycles. The molecule has 44 valence electrons. The van der Waals surface area contributed by atoms with E-state index in [1.807, 2.05) is 0 Å². The minimum Gasteiger partial charge on any atom is -0.237 e. The summed E-state index contributed by atoms with van der Waals surface area (Å²) >= 11 is 4.16. The van der Waals surface area contributed by atoms with Gasteiger partial charge >= 0.3 is 0 Å². The summed E-state index contributed by atoms with van der Waals surface area (Å²) in [6, 6.07) is 0.975. The van der Waals surface area contributed by atoms with Crippen LogP contribution in [0, 0.1) is 17.8 Å². The van der Waals surface area contributed by atoms with E-state index in [0.717, 1.165) is 23.8 Å². The van der Waals surface area contributed by atoms with Crippen molar-refractivity contribution in [2.45, 2.75) is 6.04 Å². The molecule has 0 aromatic rings. The zero-order valence-electron chi connectivity index (χ0n) is 4.32. The Morgan fingerprint density at radius 3 is 2.50 bits per heavy atom. The Morgan fingerprint density at radius 1 is 1.50 bits per heavy atom. The monoisotopic (exact) mass is 145 g/mol. The Kier molecular flexibility index (Phi) is 0.609. The second-order valence-electron chi connectivity index (χ2n) is 2.99. The molecule has 1 nitrogen and oxygen atoms in total. The van der Waals surface area contributed by atoms with Crippen LogP contribution in [0.15, 0.2) is 0 Å². The van der Waals surface area contributed by atoms with Crippen LogP contribution in [0.3, 0.4) is 0 Å². The van der Waals surface area contributed by atoms with Gasteiger partial charge in [0.25, 0.3) is 0 Å². The Balaban J connectivity index is 1.87. The van der Waals surface area contributed by atoms with E-state index >= 15 is 0 Å². The summed E-state index contributed by atoms with van der Waals surface area (Å²) in [5.74, 6) is 3.38. The minimum absolute atomic E-state index is 0.975. The molecule has 2 aliphatic heterocycles. The third kappa shape index (κ3) is 0.300. The van der Waals surface area contributed by atoms with E-state index in [-0.39, 0.29) is 0 Å². The van der Waals surface area contributed by atoms with Crippen LogP contribution in [0.25, 0.3) is 0 Å². The molecule has 2 unspecified atom stereocenters. The molecule has 0 N–H and O–H groups in total. The fraction of sp³-hybridized carbons (Fsp3) is 1.00. The molecule has 2 aliphatic carbocycles. The van der Waals surface area contributed by atoms with Crippen LogP contribution >= 0.6 is 22.6 Å². The molecule has 2 saturated carbocycles. The number of hydrogen-bond acceptors (Lipinski definition) is 3. The Morgan fingerprint density at radius 2 is 2.25 bits per heavy atom. The van der Waals surface area contributed by atoms with Crippen LogP contribution < -0.4 is 0 Å². The third-order valence-corrected chi connectivity index (χ3v) is 4.00. The molecule has 4 rings (SSSR count). The van der Waals surface area contributed by atoms with Gasteiger partial charge < -0.3 is 0 Å². The maximum Gasteiger partial charge on any atom is 0.0280 e. The molecule has 0 radical (unpaired) electrons. The van der Waals surface area contributed by atoms with Gasteiger partial charge in [-0.1, -0.05) is 11.7 Å². The van der Waals surface area contributed by atoms with Crippen molar-refractivity contribution in [2.24, 2.45) is 17.8 Å². The summed E-state index contributed by atoms with van der Waals surface area (Å²) in [6.07, 6.45) is 0. The van der Waals surface area contributed by atoms with Crippen molar-refractivity contribution < 1.29 is 0 Å². The first kappa shape index (κ1) is 4.47. The van der Waals surface area contributed by atoms with E-state index in [1.54, 1.807) is 11.0 Å². The van der Waals surface area contributed by atoms with Gasteiger partial charge in [0.2, 0.25) is 0 Å². The molecule has 0 aromatic carbocycles. The van der Waals surface area contributed by atoms with Gasteiger partial charge in [0.1, 0.15) is 0 Å². The highest BCUT2D eigenvalue weighted by Crippen LogP contribution is 2.76. The number of nitrogens with zero attached hydrogens (tertiary/aromatic N) is 1. The molecule has 0 amide bonds. The van der Waals surface area contributed by atoms with Gasteiger partial charge in [-0.05, 0) is 28.7 Å². The lowest BCUT2D eigenvalue weighted by molar-refractivity contribution is 0.560. The number of fused-ring (bicyclic) bond motifs is 1. The summed E-state index contributed by atoms with van der Waals surface area (Å²) < 4.78 is 2.42.